The Bertz CT molecular complexity index is 469. The summed E-state index contributed by atoms with van der Waals surface area (Å²) in [4.78, 5) is 4.16. The van der Waals surface area contributed by atoms with Gasteiger partial charge >= 0.3 is 0 Å². The van der Waals surface area contributed by atoms with E-state index in [9.17, 15) is 0 Å². The van der Waals surface area contributed by atoms with E-state index in [0.29, 0.717) is 0 Å². The van der Waals surface area contributed by atoms with Crippen molar-refractivity contribution in [1.82, 2.24) is 14.8 Å². The molecule has 0 aliphatic heterocycles. The lowest BCUT2D eigenvalue weighted by atomic mass is 10.1. The fraction of sp³-hybridized carbons (Fsp3) is 0.100. The smallest absolute Gasteiger partial charge is 0.157 e. The van der Waals surface area contributed by atoms with Crippen molar-refractivity contribution < 1.29 is 0 Å². The second-order valence-electron chi connectivity index (χ2n) is 3.11. The van der Waals surface area contributed by atoms with Crippen LogP contribution in [0.2, 0.25) is 0 Å². The minimum absolute atomic E-state index is 0.839. The summed E-state index contributed by atoms with van der Waals surface area (Å²) in [6.07, 6.45) is 3.13. The van der Waals surface area contributed by atoms with Gasteiger partial charge in [-0.15, -0.1) is 0 Å². The summed E-state index contributed by atoms with van der Waals surface area (Å²) in [6.45, 7) is 0. The molecule has 0 spiro atoms. The van der Waals surface area contributed by atoms with Crippen LogP contribution in [0.25, 0.3) is 11.4 Å². The molecule has 1 aromatic heterocycles. The van der Waals surface area contributed by atoms with Crippen LogP contribution < -0.4 is 5.84 Å². The molecule has 1 heterocycles. The summed E-state index contributed by atoms with van der Waals surface area (Å²) in [5.41, 5.74) is 1.98. The maximum atomic E-state index is 5.06. The van der Waals surface area contributed by atoms with Gasteiger partial charge in [0.05, 0.1) is 6.21 Å². The van der Waals surface area contributed by atoms with Gasteiger partial charge in [0.2, 0.25) is 0 Å². The third-order valence-electron chi connectivity index (χ3n) is 2.10. The van der Waals surface area contributed by atoms with Gasteiger partial charge in [-0.3, -0.25) is 0 Å². The van der Waals surface area contributed by atoms with Crippen LogP contribution in [0.4, 0.5) is 0 Å². The van der Waals surface area contributed by atoms with Crippen molar-refractivity contribution in [3.8, 4) is 11.4 Å². The quantitative estimate of drug-likeness (QED) is 0.443. The molecule has 2 N–H and O–H groups in total. The van der Waals surface area contributed by atoms with Crippen molar-refractivity contribution >= 4 is 6.21 Å². The van der Waals surface area contributed by atoms with E-state index >= 15 is 0 Å². The zero-order chi connectivity index (χ0) is 10.7. The normalized spacial score (nSPS) is 11.0. The Hall–Kier alpha value is -2.17. The molecule has 0 atom stereocenters. The number of hydrazone groups is 1. The maximum absolute atomic E-state index is 5.06. The monoisotopic (exact) mass is 201 g/mol. The molecule has 0 saturated carbocycles. The zero-order valence-corrected chi connectivity index (χ0v) is 8.33. The first-order valence-corrected chi connectivity index (χ1v) is 4.49. The molecule has 0 amide bonds. The molecule has 0 unspecified atom stereocenters. The number of benzene rings is 1. The molecule has 5 nitrogen and oxygen atoms in total. The number of aromatic nitrogens is 3. The highest BCUT2D eigenvalue weighted by Crippen LogP contribution is 2.15. The van der Waals surface area contributed by atoms with E-state index in [-0.39, 0.29) is 0 Å². The third kappa shape index (κ3) is 1.85. The minimum Gasteiger partial charge on any atom is -0.323 e. The fourth-order valence-electron chi connectivity index (χ4n) is 1.36. The zero-order valence-electron chi connectivity index (χ0n) is 8.33. The van der Waals surface area contributed by atoms with Crippen LogP contribution in [0.1, 0.15) is 5.56 Å². The van der Waals surface area contributed by atoms with E-state index in [4.69, 9.17) is 5.84 Å². The van der Waals surface area contributed by atoms with Crippen LogP contribution in [0.5, 0.6) is 0 Å². The Kier molecular flexibility index (Phi) is 2.45. The van der Waals surface area contributed by atoms with E-state index in [2.05, 4.69) is 15.2 Å². The molecule has 76 valence electrons. The van der Waals surface area contributed by atoms with E-state index in [0.717, 1.165) is 17.0 Å². The third-order valence-corrected chi connectivity index (χ3v) is 2.10. The van der Waals surface area contributed by atoms with Gasteiger partial charge in [-0.05, 0) is 5.56 Å². The highest BCUT2D eigenvalue weighted by atomic mass is 15.3. The molecule has 15 heavy (non-hydrogen) atoms. The first kappa shape index (κ1) is 9.39. The second-order valence-corrected chi connectivity index (χ2v) is 3.11. The molecule has 2 rings (SSSR count). The summed E-state index contributed by atoms with van der Waals surface area (Å²) in [7, 11) is 1.86. The predicted octanol–water partition coefficient (Wildman–Crippen LogP) is 0.775. The lowest BCUT2D eigenvalue weighted by Gasteiger charge is -2.00. The van der Waals surface area contributed by atoms with Gasteiger partial charge < -0.3 is 5.84 Å². The lowest BCUT2D eigenvalue weighted by Crippen LogP contribution is -1.94. The van der Waals surface area contributed by atoms with Gasteiger partial charge in [-0.1, -0.05) is 24.3 Å². The Morgan fingerprint density at radius 3 is 2.60 bits per heavy atom. The molecule has 2 aromatic rings. The molecule has 0 saturated heterocycles. The van der Waals surface area contributed by atoms with Gasteiger partial charge in [0, 0.05) is 12.6 Å². The van der Waals surface area contributed by atoms with Crippen molar-refractivity contribution in [3.05, 3.63) is 36.2 Å². The average molecular weight is 201 g/mol. The average Bonchev–Trinajstić information content (AvgIpc) is 2.66. The SMILES string of the molecule is Cn1ncnc1-c1ccc(C=NN)cc1. The number of aryl methyl sites for hydroxylation is 1. The number of nitrogens with zero attached hydrogens (tertiary/aromatic N) is 4. The predicted molar refractivity (Wildman–Crippen MR) is 58.2 cm³/mol. The summed E-state index contributed by atoms with van der Waals surface area (Å²) >= 11 is 0. The van der Waals surface area contributed by atoms with E-state index in [1.807, 2.05) is 31.3 Å². The molecule has 0 bridgehead atoms. The van der Waals surface area contributed by atoms with Gasteiger partial charge in [0.1, 0.15) is 6.33 Å². The Morgan fingerprint density at radius 1 is 1.33 bits per heavy atom. The van der Waals surface area contributed by atoms with Crippen molar-refractivity contribution in [2.45, 2.75) is 0 Å². The van der Waals surface area contributed by atoms with E-state index in [1.54, 1.807) is 10.9 Å². The molecular formula is C10H11N5. The largest absolute Gasteiger partial charge is 0.323 e. The number of rotatable bonds is 2. The van der Waals surface area contributed by atoms with Crippen LogP contribution in [0.3, 0.4) is 0 Å². The molecule has 1 aromatic carbocycles. The van der Waals surface area contributed by atoms with Crippen LogP contribution in [-0.4, -0.2) is 21.0 Å². The first-order valence-electron chi connectivity index (χ1n) is 4.49. The summed E-state index contributed by atoms with van der Waals surface area (Å²) < 4.78 is 1.73. The van der Waals surface area contributed by atoms with Crippen LogP contribution >= 0.6 is 0 Å². The minimum atomic E-state index is 0.839. The molecular weight excluding hydrogens is 190 g/mol. The van der Waals surface area contributed by atoms with Crippen LogP contribution in [0.15, 0.2) is 35.7 Å². The summed E-state index contributed by atoms with van der Waals surface area (Å²) in [5, 5.41) is 7.47. The standard InChI is InChI=1S/C10H11N5/c1-15-10(12-7-14-15)9-4-2-8(3-5-9)6-13-11/h2-7H,11H2,1H3. The summed E-state index contributed by atoms with van der Waals surface area (Å²) in [5.74, 6) is 5.90. The molecule has 0 aliphatic carbocycles. The Morgan fingerprint density at radius 2 is 2.07 bits per heavy atom. The summed E-state index contributed by atoms with van der Waals surface area (Å²) in [6, 6.07) is 7.78. The van der Waals surface area contributed by atoms with E-state index < -0.39 is 0 Å². The molecule has 0 fully saturated rings. The van der Waals surface area contributed by atoms with Crippen molar-refractivity contribution in [2.75, 3.05) is 0 Å². The highest BCUT2D eigenvalue weighted by Gasteiger charge is 2.02. The Labute approximate surface area is 87.3 Å². The van der Waals surface area contributed by atoms with Gasteiger partial charge in [-0.25, -0.2) is 9.67 Å². The first-order chi connectivity index (χ1) is 7.31. The lowest BCUT2D eigenvalue weighted by molar-refractivity contribution is 0.774. The number of hydrogen-bond donors (Lipinski definition) is 1. The van der Waals surface area contributed by atoms with Crippen molar-refractivity contribution in [2.24, 2.45) is 18.0 Å². The molecule has 0 radical (unpaired) electrons. The maximum Gasteiger partial charge on any atom is 0.157 e. The molecule has 5 heteroatoms. The van der Waals surface area contributed by atoms with Crippen molar-refractivity contribution in [1.29, 1.82) is 0 Å². The number of nitrogens with two attached hydrogens (primary N) is 1. The van der Waals surface area contributed by atoms with Gasteiger partial charge in [0.15, 0.2) is 5.82 Å². The Balaban J connectivity index is 2.36. The van der Waals surface area contributed by atoms with Crippen LogP contribution in [-0.2, 0) is 7.05 Å². The molecule has 0 aliphatic rings. The van der Waals surface area contributed by atoms with Crippen molar-refractivity contribution in [3.63, 3.8) is 0 Å². The van der Waals surface area contributed by atoms with E-state index in [1.165, 1.54) is 6.33 Å². The topological polar surface area (TPSA) is 69.1 Å². The highest BCUT2D eigenvalue weighted by molar-refractivity contribution is 5.80. The fourth-order valence-corrected chi connectivity index (χ4v) is 1.36. The number of hydrogen-bond acceptors (Lipinski definition) is 4. The van der Waals surface area contributed by atoms with Gasteiger partial charge in [-0.2, -0.15) is 10.2 Å². The second kappa shape index (κ2) is 3.91. The van der Waals surface area contributed by atoms with Gasteiger partial charge in [0.25, 0.3) is 0 Å². The van der Waals surface area contributed by atoms with Crippen LogP contribution in [0, 0.1) is 0 Å².